The minimum absolute atomic E-state index is 0.261. The van der Waals surface area contributed by atoms with E-state index < -0.39 is 5.91 Å². The Kier molecular flexibility index (Phi) is 3.39. The third kappa shape index (κ3) is 2.44. The lowest BCUT2D eigenvalue weighted by molar-refractivity contribution is -0.110. The number of hydrogen-bond acceptors (Lipinski definition) is 3. The molecule has 0 saturated carbocycles. The molecule has 110 valence electrons. The molecule has 5 heteroatoms. The van der Waals surface area contributed by atoms with Crippen molar-refractivity contribution >= 4 is 23.1 Å². The molecule has 1 heterocycles. The second-order valence-corrected chi connectivity index (χ2v) is 5.12. The summed E-state index contributed by atoms with van der Waals surface area (Å²) in [6.45, 7) is 0. The van der Waals surface area contributed by atoms with E-state index in [2.05, 4.69) is 5.32 Å². The van der Waals surface area contributed by atoms with Crippen molar-refractivity contribution in [2.45, 2.75) is 6.42 Å². The van der Waals surface area contributed by atoms with Gasteiger partial charge in [-0.1, -0.05) is 24.3 Å². The highest BCUT2D eigenvalue weighted by Crippen LogP contribution is 2.32. The van der Waals surface area contributed by atoms with E-state index in [9.17, 15) is 9.59 Å². The molecule has 0 unspecified atom stereocenters. The number of amides is 2. The summed E-state index contributed by atoms with van der Waals surface area (Å²) in [4.78, 5) is 22.9. The molecule has 2 aromatic carbocycles. The van der Waals surface area contributed by atoms with Crippen LogP contribution in [0.15, 0.2) is 48.7 Å². The van der Waals surface area contributed by atoms with Gasteiger partial charge < -0.3 is 16.2 Å². The molecule has 0 spiro atoms. The molecule has 5 nitrogen and oxygen atoms in total. The highest BCUT2D eigenvalue weighted by Gasteiger charge is 2.24. The molecule has 0 atom stereocenters. The van der Waals surface area contributed by atoms with Crippen LogP contribution in [-0.4, -0.2) is 16.9 Å². The molecule has 4 N–H and O–H groups in total. The van der Waals surface area contributed by atoms with Crippen LogP contribution in [0.3, 0.4) is 0 Å². The zero-order valence-corrected chi connectivity index (χ0v) is 11.7. The van der Waals surface area contributed by atoms with Crippen LogP contribution in [0.25, 0.3) is 5.57 Å². The topological polar surface area (TPSA) is 92.4 Å². The molecule has 0 aliphatic carbocycles. The average Bonchev–Trinajstić information content (AvgIpc) is 2.81. The summed E-state index contributed by atoms with van der Waals surface area (Å²) in [7, 11) is 0. The molecule has 1 aliphatic heterocycles. The van der Waals surface area contributed by atoms with Crippen molar-refractivity contribution in [3.8, 4) is 0 Å². The molecule has 2 amide bonds. The second kappa shape index (κ2) is 5.37. The Labute approximate surface area is 127 Å². The summed E-state index contributed by atoms with van der Waals surface area (Å²) in [6, 6.07) is 12.7. The van der Waals surface area contributed by atoms with Crippen LogP contribution >= 0.6 is 0 Å². The van der Waals surface area contributed by atoms with Crippen LogP contribution in [0.4, 0.5) is 5.69 Å². The molecule has 0 fully saturated rings. The highest BCUT2D eigenvalue weighted by atomic mass is 16.2. The molecule has 0 bridgehead atoms. The van der Waals surface area contributed by atoms with E-state index in [1.54, 1.807) is 24.3 Å². The molecular formula is C17H14N2O3. The molecule has 1 aliphatic rings. The molecule has 0 radical (unpaired) electrons. The zero-order chi connectivity index (χ0) is 15.7. The number of hydrogen-bond donors (Lipinski definition) is 3. The Morgan fingerprint density at radius 3 is 2.68 bits per heavy atom. The lowest BCUT2D eigenvalue weighted by Gasteiger charge is -2.06. The fourth-order valence-electron chi connectivity index (χ4n) is 2.55. The van der Waals surface area contributed by atoms with Crippen LogP contribution in [0.5, 0.6) is 0 Å². The van der Waals surface area contributed by atoms with E-state index >= 15 is 0 Å². The minimum atomic E-state index is -0.458. The number of aliphatic hydroxyl groups excluding tert-OH is 1. The van der Waals surface area contributed by atoms with E-state index in [0.717, 1.165) is 17.4 Å². The van der Waals surface area contributed by atoms with Crippen molar-refractivity contribution in [2.75, 3.05) is 5.32 Å². The standard InChI is InChI=1S/C17H14N2O3/c18-16(21)12-3-1-2-10(7-12)6-11-4-5-13-14(9-20)17(22)19-15(13)8-11/h1-5,7-9,20H,6H2,(H2,18,21)(H,19,22). The quantitative estimate of drug-likeness (QED) is 0.598. The number of primary amides is 1. The number of nitrogens with two attached hydrogens (primary N) is 1. The van der Waals surface area contributed by atoms with Gasteiger partial charge in [0, 0.05) is 16.8 Å². The van der Waals surface area contributed by atoms with Gasteiger partial charge in [0.25, 0.3) is 5.91 Å². The van der Waals surface area contributed by atoms with E-state index in [4.69, 9.17) is 10.8 Å². The predicted octanol–water partition coefficient (Wildman–Crippen LogP) is 2.23. The smallest absolute Gasteiger partial charge is 0.259 e. The van der Waals surface area contributed by atoms with Gasteiger partial charge in [0.2, 0.25) is 5.91 Å². The Bertz CT molecular complexity index is 809. The summed E-state index contributed by atoms with van der Waals surface area (Å²) in [5, 5.41) is 11.8. The molecule has 2 aromatic rings. The third-order valence-electron chi connectivity index (χ3n) is 3.62. The first-order chi connectivity index (χ1) is 10.6. The summed E-state index contributed by atoms with van der Waals surface area (Å²) in [5.74, 6) is -0.772. The molecule has 3 rings (SSSR count). The van der Waals surface area contributed by atoms with Gasteiger partial charge in [0.15, 0.2) is 0 Å². The second-order valence-electron chi connectivity index (χ2n) is 5.12. The largest absolute Gasteiger partial charge is 0.515 e. The number of carbonyl (C=O) groups is 2. The van der Waals surface area contributed by atoms with Crippen molar-refractivity contribution in [1.82, 2.24) is 0 Å². The summed E-state index contributed by atoms with van der Waals surface area (Å²) >= 11 is 0. The first kappa shape index (κ1) is 13.9. The first-order valence-electron chi connectivity index (χ1n) is 6.76. The van der Waals surface area contributed by atoms with Crippen LogP contribution in [0.1, 0.15) is 27.0 Å². The maximum atomic E-state index is 11.7. The van der Waals surface area contributed by atoms with Gasteiger partial charge in [0.1, 0.15) is 0 Å². The van der Waals surface area contributed by atoms with Crippen LogP contribution in [0.2, 0.25) is 0 Å². The number of nitrogens with one attached hydrogen (secondary N) is 1. The summed E-state index contributed by atoms with van der Waals surface area (Å²) < 4.78 is 0. The summed E-state index contributed by atoms with van der Waals surface area (Å²) in [6.07, 6.45) is 1.43. The SMILES string of the molecule is NC(=O)c1cccc(Cc2ccc3c(c2)NC(=O)C3=CO)c1. The maximum Gasteiger partial charge on any atom is 0.259 e. The molecule has 22 heavy (non-hydrogen) atoms. The summed E-state index contributed by atoms with van der Waals surface area (Å²) in [5.41, 5.74) is 9.31. The van der Waals surface area contributed by atoms with Crippen LogP contribution in [0, 0.1) is 0 Å². The van der Waals surface area contributed by atoms with Crippen molar-refractivity contribution in [3.63, 3.8) is 0 Å². The Morgan fingerprint density at radius 1 is 1.18 bits per heavy atom. The Hall–Kier alpha value is -3.08. The highest BCUT2D eigenvalue weighted by molar-refractivity contribution is 6.31. The van der Waals surface area contributed by atoms with Gasteiger partial charge in [-0.3, -0.25) is 9.59 Å². The molecular weight excluding hydrogens is 280 g/mol. The van der Waals surface area contributed by atoms with Crippen molar-refractivity contribution in [3.05, 3.63) is 71.0 Å². The van der Waals surface area contributed by atoms with Gasteiger partial charge in [-0.15, -0.1) is 0 Å². The fraction of sp³-hybridized carbons (Fsp3) is 0.0588. The number of aliphatic hydroxyl groups is 1. The van der Waals surface area contributed by atoms with Gasteiger partial charge in [0.05, 0.1) is 11.8 Å². The maximum absolute atomic E-state index is 11.7. The Morgan fingerprint density at radius 2 is 1.95 bits per heavy atom. The number of rotatable bonds is 3. The van der Waals surface area contributed by atoms with E-state index in [1.807, 2.05) is 18.2 Å². The number of anilines is 1. The van der Waals surface area contributed by atoms with Crippen molar-refractivity contribution in [1.29, 1.82) is 0 Å². The third-order valence-corrected chi connectivity index (χ3v) is 3.62. The van der Waals surface area contributed by atoms with Gasteiger partial charge >= 0.3 is 0 Å². The normalized spacial score (nSPS) is 14.7. The van der Waals surface area contributed by atoms with Crippen LogP contribution < -0.4 is 11.1 Å². The van der Waals surface area contributed by atoms with Gasteiger partial charge in [-0.05, 0) is 35.7 Å². The minimum Gasteiger partial charge on any atom is -0.515 e. The number of carbonyl (C=O) groups excluding carboxylic acids is 2. The first-order valence-corrected chi connectivity index (χ1v) is 6.76. The number of benzene rings is 2. The lowest BCUT2D eigenvalue weighted by Crippen LogP contribution is -2.11. The van der Waals surface area contributed by atoms with Crippen molar-refractivity contribution < 1.29 is 14.7 Å². The molecule has 0 aromatic heterocycles. The predicted molar refractivity (Wildman–Crippen MR) is 83.4 cm³/mol. The zero-order valence-electron chi connectivity index (χ0n) is 11.7. The van der Waals surface area contributed by atoms with Crippen LogP contribution in [-0.2, 0) is 11.2 Å². The Balaban J connectivity index is 1.89. The van der Waals surface area contributed by atoms with E-state index in [-0.39, 0.29) is 11.5 Å². The monoisotopic (exact) mass is 294 g/mol. The number of fused-ring (bicyclic) bond motifs is 1. The molecule has 0 saturated heterocycles. The van der Waals surface area contributed by atoms with Crippen molar-refractivity contribution in [2.24, 2.45) is 5.73 Å². The van der Waals surface area contributed by atoms with E-state index in [0.29, 0.717) is 23.2 Å². The van der Waals surface area contributed by atoms with Gasteiger partial charge in [-0.25, -0.2) is 0 Å². The van der Waals surface area contributed by atoms with E-state index in [1.165, 1.54) is 0 Å². The fourth-order valence-corrected chi connectivity index (χ4v) is 2.55. The lowest BCUT2D eigenvalue weighted by atomic mass is 10.00. The van der Waals surface area contributed by atoms with Gasteiger partial charge in [-0.2, -0.15) is 0 Å². The average molecular weight is 294 g/mol.